The molecule has 2 aliphatic rings. The molecule has 0 aliphatic carbocycles. The summed E-state index contributed by atoms with van der Waals surface area (Å²) in [6, 6.07) is 5.60. The van der Waals surface area contributed by atoms with E-state index in [0.717, 1.165) is 0 Å². The van der Waals surface area contributed by atoms with Crippen molar-refractivity contribution in [2.24, 2.45) is 5.92 Å². The quantitative estimate of drug-likeness (QED) is 0.824. The van der Waals surface area contributed by atoms with Gasteiger partial charge in [-0.15, -0.1) is 0 Å². The normalized spacial score (nSPS) is 22.9. The number of nitrogens with zero attached hydrogens (tertiary/aromatic N) is 2. The molecule has 2 aliphatic heterocycles. The van der Waals surface area contributed by atoms with E-state index < -0.39 is 16.1 Å². The molecule has 3 rings (SSSR count). The van der Waals surface area contributed by atoms with E-state index in [4.69, 9.17) is 11.6 Å². The van der Waals surface area contributed by atoms with Crippen molar-refractivity contribution in [2.45, 2.75) is 30.7 Å². The van der Waals surface area contributed by atoms with Crippen LogP contribution in [0.5, 0.6) is 0 Å². The maximum atomic E-state index is 12.7. The SMILES string of the molecule is CC1C(=O)NCCN1C(=O)C1CCN(S(=O)(=O)c2ccc(Cl)cc2)CC1. The molecule has 26 heavy (non-hydrogen) atoms. The Bertz CT molecular complexity index is 789. The van der Waals surface area contributed by atoms with E-state index in [2.05, 4.69) is 5.32 Å². The largest absolute Gasteiger partial charge is 0.353 e. The van der Waals surface area contributed by atoms with Crippen LogP contribution in [0.2, 0.25) is 5.02 Å². The highest BCUT2D eigenvalue weighted by Gasteiger charge is 2.37. The molecule has 0 radical (unpaired) electrons. The van der Waals surface area contributed by atoms with Gasteiger partial charge in [-0.1, -0.05) is 11.6 Å². The molecule has 0 bridgehead atoms. The average molecular weight is 400 g/mol. The Morgan fingerprint density at radius 2 is 1.77 bits per heavy atom. The highest BCUT2D eigenvalue weighted by molar-refractivity contribution is 7.89. The lowest BCUT2D eigenvalue weighted by molar-refractivity contribution is -0.146. The van der Waals surface area contributed by atoms with E-state index >= 15 is 0 Å². The minimum absolute atomic E-state index is 0.0594. The van der Waals surface area contributed by atoms with Gasteiger partial charge in [0.15, 0.2) is 0 Å². The molecule has 1 aromatic rings. The number of halogens is 1. The standard InChI is InChI=1S/C17H22ClN3O4S/c1-12-16(22)19-8-11-21(12)17(23)13-6-9-20(10-7-13)26(24,25)15-4-2-14(18)3-5-15/h2-5,12-13H,6-11H2,1H3,(H,19,22). The molecular weight excluding hydrogens is 378 g/mol. The highest BCUT2D eigenvalue weighted by Crippen LogP contribution is 2.26. The molecule has 1 aromatic carbocycles. The first-order valence-electron chi connectivity index (χ1n) is 8.64. The van der Waals surface area contributed by atoms with Crippen LogP contribution < -0.4 is 5.32 Å². The van der Waals surface area contributed by atoms with E-state index in [9.17, 15) is 18.0 Å². The van der Waals surface area contributed by atoms with Crippen LogP contribution in [0.15, 0.2) is 29.2 Å². The van der Waals surface area contributed by atoms with Crippen molar-refractivity contribution in [1.29, 1.82) is 0 Å². The fourth-order valence-corrected chi connectivity index (χ4v) is 5.01. The van der Waals surface area contributed by atoms with E-state index in [1.165, 1.54) is 16.4 Å². The number of hydrogen-bond donors (Lipinski definition) is 1. The number of piperidine rings is 1. The Morgan fingerprint density at radius 3 is 2.38 bits per heavy atom. The monoisotopic (exact) mass is 399 g/mol. The van der Waals surface area contributed by atoms with Gasteiger partial charge < -0.3 is 10.2 Å². The molecule has 142 valence electrons. The van der Waals surface area contributed by atoms with Gasteiger partial charge in [-0.2, -0.15) is 4.31 Å². The van der Waals surface area contributed by atoms with Crippen LogP contribution in [0.25, 0.3) is 0 Å². The maximum absolute atomic E-state index is 12.7. The zero-order valence-electron chi connectivity index (χ0n) is 14.5. The first kappa shape index (κ1) is 19.1. The lowest BCUT2D eigenvalue weighted by Crippen LogP contribution is -2.57. The Labute approximate surface area is 158 Å². The van der Waals surface area contributed by atoms with Crippen molar-refractivity contribution in [1.82, 2.24) is 14.5 Å². The average Bonchev–Trinajstić information content (AvgIpc) is 2.64. The van der Waals surface area contributed by atoms with Crippen molar-refractivity contribution < 1.29 is 18.0 Å². The van der Waals surface area contributed by atoms with Crippen LogP contribution in [0.3, 0.4) is 0 Å². The van der Waals surface area contributed by atoms with Crippen LogP contribution in [-0.4, -0.2) is 61.7 Å². The molecule has 0 aromatic heterocycles. The number of piperazine rings is 1. The molecule has 0 saturated carbocycles. The highest BCUT2D eigenvalue weighted by atomic mass is 35.5. The first-order valence-corrected chi connectivity index (χ1v) is 10.5. The maximum Gasteiger partial charge on any atom is 0.243 e. The smallest absolute Gasteiger partial charge is 0.243 e. The van der Waals surface area contributed by atoms with Crippen LogP contribution in [-0.2, 0) is 19.6 Å². The minimum Gasteiger partial charge on any atom is -0.353 e. The number of carbonyl (C=O) groups excluding carboxylic acids is 2. The molecule has 2 amide bonds. The fraction of sp³-hybridized carbons (Fsp3) is 0.529. The summed E-state index contributed by atoms with van der Waals surface area (Å²) in [5.74, 6) is -0.455. The third-order valence-electron chi connectivity index (χ3n) is 5.04. The number of carbonyl (C=O) groups is 2. The molecule has 7 nitrogen and oxygen atoms in total. The van der Waals surface area contributed by atoms with Crippen LogP contribution in [0, 0.1) is 5.92 Å². The zero-order valence-corrected chi connectivity index (χ0v) is 16.1. The molecule has 9 heteroatoms. The molecule has 0 spiro atoms. The van der Waals surface area contributed by atoms with E-state index in [1.54, 1.807) is 24.0 Å². The fourth-order valence-electron chi connectivity index (χ4n) is 3.42. The predicted octanol–water partition coefficient (Wildman–Crippen LogP) is 1.09. The Balaban J connectivity index is 1.64. The summed E-state index contributed by atoms with van der Waals surface area (Å²) in [5, 5.41) is 3.22. The summed E-state index contributed by atoms with van der Waals surface area (Å²) in [6.45, 7) is 3.24. The van der Waals surface area contributed by atoms with Gasteiger partial charge >= 0.3 is 0 Å². The number of amides is 2. The second kappa shape index (κ2) is 7.54. The van der Waals surface area contributed by atoms with Gasteiger partial charge in [0.1, 0.15) is 6.04 Å². The van der Waals surface area contributed by atoms with Gasteiger partial charge in [-0.05, 0) is 44.0 Å². The van der Waals surface area contributed by atoms with Crippen molar-refractivity contribution >= 4 is 33.4 Å². The van der Waals surface area contributed by atoms with Crippen molar-refractivity contribution in [3.63, 3.8) is 0 Å². The molecular formula is C17H22ClN3O4S. The number of nitrogens with one attached hydrogen (secondary N) is 1. The lowest BCUT2D eigenvalue weighted by Gasteiger charge is -2.37. The van der Waals surface area contributed by atoms with Crippen molar-refractivity contribution in [2.75, 3.05) is 26.2 Å². The molecule has 2 saturated heterocycles. The van der Waals surface area contributed by atoms with Gasteiger partial charge in [-0.25, -0.2) is 8.42 Å². The van der Waals surface area contributed by atoms with Crippen molar-refractivity contribution in [3.05, 3.63) is 29.3 Å². The Morgan fingerprint density at radius 1 is 1.15 bits per heavy atom. The first-order chi connectivity index (χ1) is 12.3. The van der Waals surface area contributed by atoms with Gasteiger partial charge in [0.05, 0.1) is 4.90 Å². The van der Waals surface area contributed by atoms with Crippen molar-refractivity contribution in [3.8, 4) is 0 Å². The number of hydrogen-bond acceptors (Lipinski definition) is 4. The summed E-state index contributed by atoms with van der Waals surface area (Å²) >= 11 is 5.82. The lowest BCUT2D eigenvalue weighted by atomic mass is 9.95. The predicted molar refractivity (Wildman–Crippen MR) is 97.1 cm³/mol. The van der Waals surface area contributed by atoms with E-state index in [1.807, 2.05) is 0 Å². The third kappa shape index (κ3) is 3.72. The van der Waals surface area contributed by atoms with Gasteiger partial charge in [-0.3, -0.25) is 9.59 Å². The van der Waals surface area contributed by atoms with Gasteiger partial charge in [0.25, 0.3) is 0 Å². The summed E-state index contributed by atoms with van der Waals surface area (Å²) in [4.78, 5) is 26.3. The van der Waals surface area contributed by atoms with Crippen LogP contribution >= 0.6 is 11.6 Å². The zero-order chi connectivity index (χ0) is 18.9. The van der Waals surface area contributed by atoms with E-state index in [0.29, 0.717) is 31.0 Å². The van der Waals surface area contributed by atoms with E-state index in [-0.39, 0.29) is 35.7 Å². The molecule has 1 N–H and O–H groups in total. The van der Waals surface area contributed by atoms with Crippen LogP contribution in [0.4, 0.5) is 0 Å². The summed E-state index contributed by atoms with van der Waals surface area (Å²) < 4.78 is 26.8. The minimum atomic E-state index is -3.59. The summed E-state index contributed by atoms with van der Waals surface area (Å²) in [6.07, 6.45) is 0.910. The number of benzene rings is 1. The van der Waals surface area contributed by atoms with Crippen LogP contribution in [0.1, 0.15) is 19.8 Å². The number of sulfonamides is 1. The summed E-state index contributed by atoms with van der Waals surface area (Å²) in [7, 11) is -3.59. The molecule has 2 fully saturated rings. The molecule has 1 atom stereocenters. The second-order valence-corrected chi connectivity index (χ2v) is 9.01. The second-order valence-electron chi connectivity index (χ2n) is 6.63. The Hall–Kier alpha value is -1.64. The number of rotatable bonds is 3. The Kier molecular flexibility index (Phi) is 5.55. The van der Waals surface area contributed by atoms with Gasteiger partial charge in [0, 0.05) is 37.1 Å². The van der Waals surface area contributed by atoms with Gasteiger partial charge in [0.2, 0.25) is 21.8 Å². The molecule has 2 heterocycles. The summed E-state index contributed by atoms with van der Waals surface area (Å²) in [5.41, 5.74) is 0. The third-order valence-corrected chi connectivity index (χ3v) is 7.20. The molecule has 1 unspecified atom stereocenters. The topological polar surface area (TPSA) is 86.8 Å².